The van der Waals surface area contributed by atoms with Crippen molar-refractivity contribution in [3.05, 3.63) is 48.0 Å². The molecule has 2 aromatic rings. The highest BCUT2D eigenvalue weighted by Gasteiger charge is 2.30. The Hall–Kier alpha value is -1.43. The first kappa shape index (κ1) is 14.0. The van der Waals surface area contributed by atoms with Crippen LogP contribution in [0.3, 0.4) is 0 Å². The lowest BCUT2D eigenvalue weighted by atomic mass is 10.2. The zero-order chi connectivity index (χ0) is 13.9. The fourth-order valence-corrected chi connectivity index (χ4v) is 2.79. The molecule has 0 radical (unpaired) electrons. The van der Waals surface area contributed by atoms with Crippen molar-refractivity contribution >= 4 is 11.8 Å². The quantitative estimate of drug-likeness (QED) is 0.855. The van der Waals surface area contributed by atoms with Crippen LogP contribution >= 0.6 is 11.8 Å². The normalized spacial score (nSPS) is 13.5. The van der Waals surface area contributed by atoms with Crippen molar-refractivity contribution in [2.75, 3.05) is 0 Å². The monoisotopic (exact) mass is 286 g/mol. The van der Waals surface area contributed by atoms with Crippen LogP contribution in [0.4, 0.5) is 13.2 Å². The molecule has 6 heteroatoms. The van der Waals surface area contributed by atoms with E-state index in [9.17, 15) is 13.2 Å². The predicted molar refractivity (Wildman–Crippen MR) is 69.1 cm³/mol. The molecular weight excluding hydrogens is 273 g/mol. The number of nitrogens with one attached hydrogen (secondary N) is 1. The van der Waals surface area contributed by atoms with Gasteiger partial charge in [-0.1, -0.05) is 13.0 Å². The van der Waals surface area contributed by atoms with Gasteiger partial charge in [-0.25, -0.2) is 4.98 Å². The summed E-state index contributed by atoms with van der Waals surface area (Å²) in [4.78, 5) is 7.59. The van der Waals surface area contributed by atoms with Gasteiger partial charge in [-0.15, -0.1) is 11.8 Å². The number of H-pyrrole nitrogens is 1. The van der Waals surface area contributed by atoms with E-state index in [1.165, 1.54) is 23.9 Å². The highest BCUT2D eigenvalue weighted by molar-refractivity contribution is 7.99. The van der Waals surface area contributed by atoms with Crippen molar-refractivity contribution in [3.8, 4) is 0 Å². The van der Waals surface area contributed by atoms with Gasteiger partial charge in [-0.3, -0.25) is 0 Å². The Morgan fingerprint density at radius 2 is 2.16 bits per heavy atom. The molecule has 0 amide bonds. The molecule has 2 nitrogen and oxygen atoms in total. The van der Waals surface area contributed by atoms with Crippen LogP contribution in [0.25, 0.3) is 0 Å². The third-order valence-electron chi connectivity index (χ3n) is 2.55. The summed E-state index contributed by atoms with van der Waals surface area (Å²) in [6.07, 6.45) is -0.188. The zero-order valence-electron chi connectivity index (χ0n) is 10.2. The molecule has 0 aliphatic rings. The van der Waals surface area contributed by atoms with Crippen LogP contribution in [0, 0.1) is 0 Å². The van der Waals surface area contributed by atoms with Gasteiger partial charge in [0.25, 0.3) is 0 Å². The molecule has 0 bridgehead atoms. The molecule has 0 fully saturated rings. The minimum atomic E-state index is -4.29. The molecular formula is C13H13F3N2S. The van der Waals surface area contributed by atoms with Crippen molar-refractivity contribution < 1.29 is 13.2 Å². The third-order valence-corrected chi connectivity index (χ3v) is 3.65. The largest absolute Gasteiger partial charge is 0.416 e. The number of benzene rings is 1. The minimum Gasteiger partial charge on any atom is -0.351 e. The Bertz CT molecular complexity index is 523. The highest BCUT2D eigenvalue weighted by Crippen LogP contribution is 2.33. The van der Waals surface area contributed by atoms with E-state index < -0.39 is 11.7 Å². The first-order chi connectivity index (χ1) is 8.95. The Morgan fingerprint density at radius 1 is 1.37 bits per heavy atom. The third kappa shape index (κ3) is 4.02. The van der Waals surface area contributed by atoms with Crippen LogP contribution in [0.2, 0.25) is 0 Å². The van der Waals surface area contributed by atoms with E-state index in [1.54, 1.807) is 18.6 Å². The first-order valence-electron chi connectivity index (χ1n) is 5.77. The van der Waals surface area contributed by atoms with Crippen LogP contribution in [0.1, 0.15) is 18.2 Å². The van der Waals surface area contributed by atoms with E-state index >= 15 is 0 Å². The van der Waals surface area contributed by atoms with E-state index in [4.69, 9.17) is 0 Å². The Morgan fingerprint density at radius 3 is 2.79 bits per heavy atom. The SMILES string of the molecule is CC(Cc1c[nH]cn1)Sc1cccc(C(F)(F)F)c1. The number of rotatable bonds is 4. The van der Waals surface area contributed by atoms with Gasteiger partial charge in [0.1, 0.15) is 0 Å². The van der Waals surface area contributed by atoms with Gasteiger partial charge in [0, 0.05) is 22.8 Å². The Balaban J connectivity index is 2.03. The fourth-order valence-electron chi connectivity index (χ4n) is 1.72. The number of aromatic amines is 1. The predicted octanol–water partition coefficient (Wildman–Crippen LogP) is 4.15. The van der Waals surface area contributed by atoms with E-state index in [1.807, 2.05) is 6.92 Å². The van der Waals surface area contributed by atoms with Gasteiger partial charge in [0.2, 0.25) is 0 Å². The molecule has 0 spiro atoms. The topological polar surface area (TPSA) is 28.7 Å². The van der Waals surface area contributed by atoms with Crippen molar-refractivity contribution in [2.24, 2.45) is 0 Å². The van der Waals surface area contributed by atoms with Crippen molar-refractivity contribution in [1.29, 1.82) is 0 Å². The molecule has 1 aromatic heterocycles. The number of halogens is 3. The molecule has 1 aromatic carbocycles. The van der Waals surface area contributed by atoms with Gasteiger partial charge in [0.05, 0.1) is 17.6 Å². The summed E-state index contributed by atoms with van der Waals surface area (Å²) < 4.78 is 37.8. The number of hydrogen-bond acceptors (Lipinski definition) is 2. The molecule has 1 heterocycles. The van der Waals surface area contributed by atoms with E-state index in [0.717, 1.165) is 11.8 Å². The maximum absolute atomic E-state index is 12.6. The number of imidazole rings is 1. The number of nitrogens with zero attached hydrogens (tertiary/aromatic N) is 1. The van der Waals surface area contributed by atoms with Crippen molar-refractivity contribution in [3.63, 3.8) is 0 Å². The molecule has 19 heavy (non-hydrogen) atoms. The summed E-state index contributed by atoms with van der Waals surface area (Å²) in [5.74, 6) is 0. The Labute approximate surface area is 113 Å². The smallest absolute Gasteiger partial charge is 0.351 e. The average Bonchev–Trinajstić information content (AvgIpc) is 2.80. The zero-order valence-corrected chi connectivity index (χ0v) is 11.1. The maximum Gasteiger partial charge on any atom is 0.416 e. The molecule has 0 aliphatic carbocycles. The molecule has 2 rings (SSSR count). The van der Waals surface area contributed by atoms with Crippen LogP contribution in [-0.2, 0) is 12.6 Å². The van der Waals surface area contributed by atoms with Crippen LogP contribution < -0.4 is 0 Å². The van der Waals surface area contributed by atoms with Gasteiger partial charge in [-0.05, 0) is 18.2 Å². The molecule has 0 saturated heterocycles. The fraction of sp³-hybridized carbons (Fsp3) is 0.308. The number of thioether (sulfide) groups is 1. The molecule has 1 N–H and O–H groups in total. The minimum absolute atomic E-state index is 0.159. The molecule has 0 saturated carbocycles. The van der Waals surface area contributed by atoms with E-state index in [2.05, 4.69) is 9.97 Å². The lowest BCUT2D eigenvalue weighted by Gasteiger charge is -2.12. The maximum atomic E-state index is 12.6. The number of aromatic nitrogens is 2. The lowest BCUT2D eigenvalue weighted by molar-refractivity contribution is -0.137. The second-order valence-corrected chi connectivity index (χ2v) is 5.73. The number of alkyl halides is 3. The van der Waals surface area contributed by atoms with Crippen molar-refractivity contribution in [2.45, 2.75) is 29.7 Å². The van der Waals surface area contributed by atoms with Gasteiger partial charge < -0.3 is 4.98 Å². The van der Waals surface area contributed by atoms with Gasteiger partial charge in [0.15, 0.2) is 0 Å². The highest BCUT2D eigenvalue weighted by atomic mass is 32.2. The summed E-state index contributed by atoms with van der Waals surface area (Å²) in [5.41, 5.74) is 0.302. The summed E-state index contributed by atoms with van der Waals surface area (Å²) in [6, 6.07) is 5.40. The molecule has 1 unspecified atom stereocenters. The lowest BCUT2D eigenvalue weighted by Crippen LogP contribution is -2.05. The summed E-state index contributed by atoms with van der Waals surface area (Å²) in [5, 5.41) is 0.159. The Kier molecular flexibility index (Phi) is 4.19. The van der Waals surface area contributed by atoms with Crippen molar-refractivity contribution in [1.82, 2.24) is 9.97 Å². The summed E-state index contributed by atoms with van der Waals surface area (Å²) in [6.45, 7) is 1.97. The van der Waals surface area contributed by atoms with Gasteiger partial charge >= 0.3 is 6.18 Å². The number of hydrogen-bond donors (Lipinski definition) is 1. The average molecular weight is 286 g/mol. The van der Waals surface area contributed by atoms with Crippen LogP contribution in [-0.4, -0.2) is 15.2 Å². The first-order valence-corrected chi connectivity index (χ1v) is 6.64. The second kappa shape index (κ2) is 5.69. The molecule has 1 atom stereocenters. The molecule has 102 valence electrons. The standard InChI is InChI=1S/C13H13F3N2S/c1-9(5-11-7-17-8-18-11)19-12-4-2-3-10(6-12)13(14,15)16/h2-4,6-9H,5H2,1H3,(H,17,18). The second-order valence-electron chi connectivity index (χ2n) is 4.22. The van der Waals surface area contributed by atoms with Gasteiger partial charge in [-0.2, -0.15) is 13.2 Å². The van der Waals surface area contributed by atoms with Crippen LogP contribution in [0.15, 0.2) is 41.7 Å². The van der Waals surface area contributed by atoms with E-state index in [-0.39, 0.29) is 5.25 Å². The summed E-state index contributed by atoms with van der Waals surface area (Å²) >= 11 is 1.42. The summed E-state index contributed by atoms with van der Waals surface area (Å²) in [7, 11) is 0. The molecule has 0 aliphatic heterocycles. The van der Waals surface area contributed by atoms with E-state index in [0.29, 0.717) is 11.3 Å². The van der Waals surface area contributed by atoms with Crippen LogP contribution in [0.5, 0.6) is 0 Å².